The van der Waals surface area contributed by atoms with Crippen molar-refractivity contribution in [2.24, 2.45) is 0 Å². The number of aromatic nitrogens is 1. The van der Waals surface area contributed by atoms with Crippen molar-refractivity contribution in [1.29, 1.82) is 0 Å². The van der Waals surface area contributed by atoms with Crippen LogP contribution in [0.5, 0.6) is 0 Å². The van der Waals surface area contributed by atoms with Crippen LogP contribution in [0.4, 0.5) is 13.6 Å². The van der Waals surface area contributed by atoms with Crippen LogP contribution in [-0.2, 0) is 14.6 Å². The number of carbonyl (C=O) groups is 1. The van der Waals surface area contributed by atoms with Crippen molar-refractivity contribution in [2.45, 2.75) is 37.7 Å². The molecular weight excluding hydrogens is 466 g/mol. The second-order valence-electron chi connectivity index (χ2n) is 9.14. The first-order chi connectivity index (χ1) is 15.8. The lowest BCUT2D eigenvalue weighted by molar-refractivity contribution is 0.0270. The number of rotatable bonds is 3. The van der Waals surface area contributed by atoms with Crippen molar-refractivity contribution in [3.8, 4) is 11.5 Å². The summed E-state index contributed by atoms with van der Waals surface area (Å²) in [7, 11) is -3.58. The number of fused-ring (bicyclic) bond motifs is 1. The molecule has 0 bridgehead atoms. The summed E-state index contributed by atoms with van der Waals surface area (Å²) in [6, 6.07) is 6.32. The van der Waals surface area contributed by atoms with Gasteiger partial charge in [0.25, 0.3) is 0 Å². The van der Waals surface area contributed by atoms with Crippen LogP contribution >= 0.6 is 0 Å². The Balaban J connectivity index is 1.61. The molecule has 0 radical (unpaired) electrons. The van der Waals surface area contributed by atoms with Crippen molar-refractivity contribution < 1.29 is 31.1 Å². The predicted molar refractivity (Wildman–Crippen MR) is 123 cm³/mol. The predicted octanol–water partition coefficient (Wildman–Crippen LogP) is 5.20. The molecule has 2 aromatic carbocycles. The molecular formula is C24H24F2N2O5S. The Morgan fingerprint density at radius 2 is 1.88 bits per heavy atom. The van der Waals surface area contributed by atoms with E-state index in [2.05, 4.69) is 4.98 Å². The topological polar surface area (TPSA) is 89.7 Å². The summed E-state index contributed by atoms with van der Waals surface area (Å²) >= 11 is 0. The fourth-order valence-corrected chi connectivity index (χ4v) is 4.25. The van der Waals surface area contributed by atoms with E-state index < -0.39 is 33.2 Å². The third kappa shape index (κ3) is 4.96. The molecule has 0 saturated carbocycles. The second-order valence-corrected chi connectivity index (χ2v) is 11.2. The van der Waals surface area contributed by atoms with Crippen LogP contribution < -0.4 is 0 Å². The van der Waals surface area contributed by atoms with Gasteiger partial charge >= 0.3 is 6.09 Å². The number of sulfone groups is 1. The van der Waals surface area contributed by atoms with E-state index in [1.54, 1.807) is 31.7 Å². The second kappa shape index (κ2) is 8.50. The fourth-order valence-electron chi connectivity index (χ4n) is 3.62. The van der Waals surface area contributed by atoms with Gasteiger partial charge in [-0.3, -0.25) is 0 Å². The standard InChI is InChI=1S/C24H24F2N2O5S/c1-24(2,3)33-23(29)28-9-7-14(8-10-28)15-11-19(26)21-20(12-15)27-22(32-21)17-6-5-16(13-18(17)25)34(4,30)31/h5-7,11-13H,8-10H2,1-4H3. The van der Waals surface area contributed by atoms with Crippen molar-refractivity contribution in [3.63, 3.8) is 0 Å². The lowest BCUT2D eigenvalue weighted by Gasteiger charge is -2.29. The maximum atomic E-state index is 14.8. The maximum absolute atomic E-state index is 14.8. The molecule has 1 aliphatic rings. The average molecular weight is 491 g/mol. The summed E-state index contributed by atoms with van der Waals surface area (Å²) in [5, 5.41) is 0. The highest BCUT2D eigenvalue weighted by atomic mass is 32.2. The smallest absolute Gasteiger partial charge is 0.410 e. The van der Waals surface area contributed by atoms with Crippen LogP contribution in [0.25, 0.3) is 28.1 Å². The summed E-state index contributed by atoms with van der Waals surface area (Å²) in [6.07, 6.45) is 2.90. The Labute approximate surface area is 195 Å². The summed E-state index contributed by atoms with van der Waals surface area (Å²) < 4.78 is 63.5. The third-order valence-electron chi connectivity index (χ3n) is 5.28. The SMILES string of the molecule is CC(C)(C)OC(=O)N1CC=C(c2cc(F)c3oc(-c4ccc(S(C)(=O)=O)cc4F)nc3c2)CC1. The largest absolute Gasteiger partial charge is 0.444 e. The van der Waals surface area contributed by atoms with E-state index in [4.69, 9.17) is 9.15 Å². The lowest BCUT2D eigenvalue weighted by Crippen LogP contribution is -2.39. The van der Waals surface area contributed by atoms with Gasteiger partial charge < -0.3 is 14.1 Å². The van der Waals surface area contributed by atoms with E-state index in [1.807, 2.05) is 6.08 Å². The first-order valence-electron chi connectivity index (χ1n) is 10.6. The molecule has 1 aliphatic heterocycles. The third-order valence-corrected chi connectivity index (χ3v) is 6.39. The number of amides is 1. The zero-order valence-electron chi connectivity index (χ0n) is 19.2. The van der Waals surface area contributed by atoms with Crippen LogP contribution in [0.15, 0.2) is 45.7 Å². The van der Waals surface area contributed by atoms with Crippen molar-refractivity contribution >= 4 is 32.6 Å². The van der Waals surface area contributed by atoms with Gasteiger partial charge in [-0.15, -0.1) is 0 Å². The molecule has 0 fully saturated rings. The Bertz CT molecular complexity index is 1420. The van der Waals surface area contributed by atoms with Gasteiger partial charge in [-0.25, -0.2) is 27.0 Å². The van der Waals surface area contributed by atoms with Gasteiger partial charge in [0.1, 0.15) is 16.9 Å². The minimum Gasteiger partial charge on any atom is -0.444 e. The number of oxazole rings is 1. The molecule has 1 aromatic heterocycles. The molecule has 0 N–H and O–H groups in total. The number of benzene rings is 2. The molecule has 180 valence electrons. The summed E-state index contributed by atoms with van der Waals surface area (Å²) in [5.74, 6) is -1.65. The molecule has 0 saturated heterocycles. The Hall–Kier alpha value is -3.27. The first kappa shape index (κ1) is 23.9. The molecule has 0 aliphatic carbocycles. The Kier molecular flexibility index (Phi) is 5.97. The van der Waals surface area contributed by atoms with Crippen molar-refractivity contribution in [2.75, 3.05) is 19.3 Å². The van der Waals surface area contributed by atoms with E-state index in [0.29, 0.717) is 25.1 Å². The molecule has 0 atom stereocenters. The molecule has 0 unspecified atom stereocenters. The molecule has 10 heteroatoms. The van der Waals surface area contributed by atoms with Gasteiger partial charge in [0, 0.05) is 19.3 Å². The van der Waals surface area contributed by atoms with E-state index in [9.17, 15) is 22.0 Å². The summed E-state index contributed by atoms with van der Waals surface area (Å²) in [6.45, 7) is 6.14. The van der Waals surface area contributed by atoms with Gasteiger partial charge in [0.2, 0.25) is 5.89 Å². The highest BCUT2D eigenvalue weighted by Gasteiger charge is 2.25. The molecule has 2 heterocycles. The number of hydrogen-bond donors (Lipinski definition) is 0. The number of hydrogen-bond acceptors (Lipinski definition) is 6. The molecule has 7 nitrogen and oxygen atoms in total. The van der Waals surface area contributed by atoms with E-state index in [-0.39, 0.29) is 27.4 Å². The zero-order chi connectivity index (χ0) is 24.8. The van der Waals surface area contributed by atoms with Crippen LogP contribution in [-0.4, -0.2) is 49.3 Å². The molecule has 1 amide bonds. The zero-order valence-corrected chi connectivity index (χ0v) is 20.0. The van der Waals surface area contributed by atoms with Crippen LogP contribution in [0.1, 0.15) is 32.8 Å². The quantitative estimate of drug-likeness (QED) is 0.501. The lowest BCUT2D eigenvalue weighted by atomic mass is 9.99. The monoisotopic (exact) mass is 490 g/mol. The van der Waals surface area contributed by atoms with E-state index in [1.165, 1.54) is 18.2 Å². The Morgan fingerprint density at radius 1 is 1.15 bits per heavy atom. The highest BCUT2D eigenvalue weighted by Crippen LogP contribution is 2.32. The number of ether oxygens (including phenoxy) is 1. The van der Waals surface area contributed by atoms with Crippen LogP contribution in [0.2, 0.25) is 0 Å². The molecule has 4 rings (SSSR count). The van der Waals surface area contributed by atoms with Crippen LogP contribution in [0.3, 0.4) is 0 Å². The number of carbonyl (C=O) groups excluding carboxylic acids is 1. The van der Waals surface area contributed by atoms with E-state index >= 15 is 0 Å². The van der Waals surface area contributed by atoms with Crippen molar-refractivity contribution in [3.05, 3.63) is 53.6 Å². The van der Waals surface area contributed by atoms with Gasteiger partial charge in [-0.1, -0.05) is 6.08 Å². The van der Waals surface area contributed by atoms with Crippen LogP contribution in [0, 0.1) is 11.6 Å². The summed E-state index contributed by atoms with van der Waals surface area (Å²) in [5.41, 5.74) is 0.832. The minimum atomic E-state index is -3.58. The molecule has 3 aromatic rings. The number of halogens is 2. The highest BCUT2D eigenvalue weighted by molar-refractivity contribution is 7.90. The minimum absolute atomic E-state index is 0.0746. The molecule has 0 spiro atoms. The fraction of sp³-hybridized carbons (Fsp3) is 0.333. The van der Waals surface area contributed by atoms with Gasteiger partial charge in [0.15, 0.2) is 21.2 Å². The summed E-state index contributed by atoms with van der Waals surface area (Å²) in [4.78, 5) is 17.9. The average Bonchev–Trinajstić information content (AvgIpc) is 3.16. The molecule has 34 heavy (non-hydrogen) atoms. The first-order valence-corrected chi connectivity index (χ1v) is 12.5. The Morgan fingerprint density at radius 3 is 2.47 bits per heavy atom. The maximum Gasteiger partial charge on any atom is 0.410 e. The van der Waals surface area contributed by atoms with Gasteiger partial charge in [-0.05, 0) is 68.7 Å². The van der Waals surface area contributed by atoms with Gasteiger partial charge in [0.05, 0.1) is 10.5 Å². The number of nitrogens with zero attached hydrogens (tertiary/aromatic N) is 2. The van der Waals surface area contributed by atoms with E-state index in [0.717, 1.165) is 17.9 Å². The van der Waals surface area contributed by atoms with Gasteiger partial charge in [-0.2, -0.15) is 0 Å². The normalized spacial score (nSPS) is 14.9. The van der Waals surface area contributed by atoms with Crippen molar-refractivity contribution in [1.82, 2.24) is 9.88 Å².